The van der Waals surface area contributed by atoms with E-state index in [4.69, 9.17) is 0 Å². The Kier molecular flexibility index (Phi) is 1.50. The summed E-state index contributed by atoms with van der Waals surface area (Å²) in [6, 6.07) is 5.94. The highest BCUT2D eigenvalue weighted by Gasteiger charge is 1.97. The first kappa shape index (κ1) is 7.16. The van der Waals surface area contributed by atoms with Crippen molar-refractivity contribution in [2.75, 3.05) is 0 Å². The summed E-state index contributed by atoms with van der Waals surface area (Å²) in [4.78, 5) is 16.3. The number of rotatable bonds is 1. The molecule has 12 heavy (non-hydrogen) atoms. The minimum atomic E-state index is -0.141. The Bertz CT molecular complexity index is 461. The molecule has 0 amide bonds. The lowest BCUT2D eigenvalue weighted by Gasteiger charge is -1.94. The van der Waals surface area contributed by atoms with Gasteiger partial charge in [0.25, 0.3) is 0 Å². The fourth-order valence-corrected chi connectivity index (χ4v) is 1.30. The Morgan fingerprint density at radius 2 is 2.08 bits per heavy atom. The van der Waals surface area contributed by atoms with Gasteiger partial charge in [0.15, 0.2) is 0 Å². The minimum Gasteiger partial charge on any atom is -0.306 e. The maximum Gasteiger partial charge on any atom is 0.323 e. The van der Waals surface area contributed by atoms with Gasteiger partial charge < -0.3 is 9.97 Å². The first-order valence-electron chi connectivity index (χ1n) is 4.00. The standard InChI is InChI=1S/C9H10N2O.2H2/c1-2-6-3-4-7-8(5-6)11-9(12)10-7;;/h3-5H,2H2,1H3,(H2,10,11,12);2*1H. The summed E-state index contributed by atoms with van der Waals surface area (Å²) in [5.41, 5.74) is 2.85. The van der Waals surface area contributed by atoms with Gasteiger partial charge in [-0.2, -0.15) is 0 Å². The van der Waals surface area contributed by atoms with E-state index in [0.29, 0.717) is 0 Å². The fourth-order valence-electron chi connectivity index (χ4n) is 1.30. The third-order valence-electron chi connectivity index (χ3n) is 1.99. The molecule has 0 bridgehead atoms. The summed E-state index contributed by atoms with van der Waals surface area (Å²) < 4.78 is 0. The molecular formula is C9H14N2O. The monoisotopic (exact) mass is 166 g/mol. The van der Waals surface area contributed by atoms with Crippen molar-refractivity contribution in [1.82, 2.24) is 9.97 Å². The molecule has 2 N–H and O–H groups in total. The molecule has 0 atom stereocenters. The van der Waals surface area contributed by atoms with Gasteiger partial charge in [-0.25, -0.2) is 4.79 Å². The first-order valence-corrected chi connectivity index (χ1v) is 4.00. The van der Waals surface area contributed by atoms with Crippen molar-refractivity contribution >= 4 is 11.0 Å². The van der Waals surface area contributed by atoms with E-state index in [1.54, 1.807) is 0 Å². The van der Waals surface area contributed by atoms with Gasteiger partial charge in [-0.15, -0.1) is 0 Å². The number of hydrogen-bond acceptors (Lipinski definition) is 1. The number of hydrogen-bond donors (Lipinski definition) is 2. The average Bonchev–Trinajstić information content (AvgIpc) is 2.43. The lowest BCUT2D eigenvalue weighted by atomic mass is 10.1. The maximum absolute atomic E-state index is 10.9. The van der Waals surface area contributed by atoms with E-state index in [-0.39, 0.29) is 8.54 Å². The van der Waals surface area contributed by atoms with Crippen molar-refractivity contribution < 1.29 is 2.85 Å². The summed E-state index contributed by atoms with van der Waals surface area (Å²) >= 11 is 0. The zero-order valence-corrected chi connectivity index (χ0v) is 6.85. The van der Waals surface area contributed by atoms with Crippen LogP contribution in [-0.2, 0) is 6.42 Å². The number of fused-ring (bicyclic) bond motifs is 1. The van der Waals surface area contributed by atoms with Gasteiger partial charge in [0.1, 0.15) is 0 Å². The molecule has 0 unspecified atom stereocenters. The molecule has 0 fully saturated rings. The van der Waals surface area contributed by atoms with Crippen LogP contribution in [-0.4, -0.2) is 9.97 Å². The van der Waals surface area contributed by atoms with Gasteiger partial charge in [-0.3, -0.25) is 0 Å². The van der Waals surface area contributed by atoms with Gasteiger partial charge in [0.05, 0.1) is 11.0 Å². The molecule has 66 valence electrons. The molecule has 3 heteroatoms. The molecule has 1 heterocycles. The molecule has 0 radical (unpaired) electrons. The Balaban J connectivity index is 0.000000845. The fraction of sp³-hybridized carbons (Fsp3) is 0.222. The zero-order chi connectivity index (χ0) is 8.55. The molecule has 1 aromatic heterocycles. The molecule has 0 saturated heterocycles. The largest absolute Gasteiger partial charge is 0.323 e. The second kappa shape index (κ2) is 2.52. The van der Waals surface area contributed by atoms with Crippen LogP contribution in [0.15, 0.2) is 23.0 Å². The van der Waals surface area contributed by atoms with E-state index in [0.717, 1.165) is 17.5 Å². The van der Waals surface area contributed by atoms with Gasteiger partial charge in [0, 0.05) is 2.85 Å². The Labute approximate surface area is 72.4 Å². The lowest BCUT2D eigenvalue weighted by molar-refractivity contribution is 1.14. The van der Waals surface area contributed by atoms with Crippen LogP contribution in [0.5, 0.6) is 0 Å². The normalized spacial score (nSPS) is 10.8. The highest BCUT2D eigenvalue weighted by molar-refractivity contribution is 5.74. The smallest absolute Gasteiger partial charge is 0.306 e. The van der Waals surface area contributed by atoms with Crippen molar-refractivity contribution in [3.05, 3.63) is 34.2 Å². The summed E-state index contributed by atoms with van der Waals surface area (Å²) in [6.07, 6.45) is 0.989. The molecule has 0 aliphatic heterocycles. The second-order valence-electron chi connectivity index (χ2n) is 2.81. The average molecular weight is 166 g/mol. The topological polar surface area (TPSA) is 48.6 Å². The van der Waals surface area contributed by atoms with Crippen molar-refractivity contribution in [2.24, 2.45) is 0 Å². The number of nitrogens with one attached hydrogen (secondary N) is 2. The molecule has 3 nitrogen and oxygen atoms in total. The molecule has 2 rings (SSSR count). The Morgan fingerprint density at radius 1 is 1.33 bits per heavy atom. The summed E-state index contributed by atoms with van der Waals surface area (Å²) in [5, 5.41) is 0. The number of H-pyrrole nitrogens is 2. The zero-order valence-electron chi connectivity index (χ0n) is 6.85. The van der Waals surface area contributed by atoms with Gasteiger partial charge in [-0.1, -0.05) is 13.0 Å². The third kappa shape index (κ3) is 1.03. The van der Waals surface area contributed by atoms with Crippen LogP contribution in [0.2, 0.25) is 0 Å². The number of aromatic amines is 2. The quantitative estimate of drug-likeness (QED) is 0.668. The predicted octanol–water partition coefficient (Wildman–Crippen LogP) is 1.91. The van der Waals surface area contributed by atoms with E-state index in [1.807, 2.05) is 18.2 Å². The molecule has 1 aromatic carbocycles. The first-order chi connectivity index (χ1) is 5.79. The van der Waals surface area contributed by atoms with E-state index in [1.165, 1.54) is 5.56 Å². The summed E-state index contributed by atoms with van der Waals surface area (Å²) in [5.74, 6) is 0. The van der Waals surface area contributed by atoms with Crippen molar-refractivity contribution in [2.45, 2.75) is 13.3 Å². The highest BCUT2D eigenvalue weighted by Crippen LogP contribution is 2.09. The van der Waals surface area contributed by atoms with Crippen LogP contribution in [0.3, 0.4) is 0 Å². The van der Waals surface area contributed by atoms with Crippen LogP contribution >= 0.6 is 0 Å². The highest BCUT2D eigenvalue weighted by atomic mass is 16.1. The summed E-state index contributed by atoms with van der Waals surface area (Å²) in [7, 11) is 0. The number of imidazole rings is 1. The van der Waals surface area contributed by atoms with Crippen LogP contribution in [0, 0.1) is 0 Å². The van der Waals surface area contributed by atoms with Crippen LogP contribution in [0.25, 0.3) is 11.0 Å². The van der Waals surface area contributed by atoms with E-state index >= 15 is 0 Å². The maximum atomic E-state index is 10.9. The predicted molar refractivity (Wildman–Crippen MR) is 52.5 cm³/mol. The SMILES string of the molecule is CCc1ccc2[nH]c(=O)[nH]c2c1.[HH].[HH]. The Morgan fingerprint density at radius 3 is 2.83 bits per heavy atom. The number of aryl methyl sites for hydroxylation is 1. The van der Waals surface area contributed by atoms with E-state index in [2.05, 4.69) is 16.9 Å². The van der Waals surface area contributed by atoms with Crippen LogP contribution in [0.1, 0.15) is 15.3 Å². The lowest BCUT2D eigenvalue weighted by Crippen LogP contribution is -1.99. The minimum absolute atomic E-state index is 0. The molecule has 0 aliphatic rings. The number of aromatic nitrogens is 2. The molecule has 0 saturated carbocycles. The van der Waals surface area contributed by atoms with Crippen molar-refractivity contribution in [3.63, 3.8) is 0 Å². The Hall–Kier alpha value is -1.51. The van der Waals surface area contributed by atoms with Gasteiger partial charge in [0.2, 0.25) is 0 Å². The molecule has 2 aromatic rings. The molecule has 0 aliphatic carbocycles. The summed E-state index contributed by atoms with van der Waals surface area (Å²) in [6.45, 7) is 2.09. The van der Waals surface area contributed by atoms with E-state index < -0.39 is 0 Å². The van der Waals surface area contributed by atoms with Gasteiger partial charge >= 0.3 is 5.69 Å². The molecular weight excluding hydrogens is 152 g/mol. The third-order valence-corrected chi connectivity index (χ3v) is 1.99. The van der Waals surface area contributed by atoms with Crippen molar-refractivity contribution in [3.8, 4) is 0 Å². The van der Waals surface area contributed by atoms with Crippen molar-refractivity contribution in [1.29, 1.82) is 0 Å². The number of benzene rings is 1. The van der Waals surface area contributed by atoms with Gasteiger partial charge in [-0.05, 0) is 24.1 Å². The van der Waals surface area contributed by atoms with Crippen LogP contribution in [0.4, 0.5) is 0 Å². The van der Waals surface area contributed by atoms with E-state index in [9.17, 15) is 4.79 Å². The van der Waals surface area contributed by atoms with Crippen LogP contribution < -0.4 is 5.69 Å². The second-order valence-corrected chi connectivity index (χ2v) is 2.81. The molecule has 0 spiro atoms.